The third-order valence-corrected chi connectivity index (χ3v) is 8.25. The van der Waals surface area contributed by atoms with E-state index in [9.17, 15) is 0 Å². The van der Waals surface area contributed by atoms with Gasteiger partial charge in [-0.1, -0.05) is 0 Å². The molecule has 4 bridgehead atoms. The summed E-state index contributed by atoms with van der Waals surface area (Å²) >= 11 is 0. The van der Waals surface area contributed by atoms with Crippen LogP contribution in [0.5, 0.6) is 0 Å². The van der Waals surface area contributed by atoms with Crippen molar-refractivity contribution in [3.63, 3.8) is 0 Å². The highest BCUT2D eigenvalue weighted by molar-refractivity contribution is 5.52. The van der Waals surface area contributed by atoms with E-state index in [2.05, 4.69) is 34.0 Å². The van der Waals surface area contributed by atoms with Crippen LogP contribution in [0.2, 0.25) is 0 Å². The van der Waals surface area contributed by atoms with Crippen molar-refractivity contribution in [3.8, 4) is 0 Å². The van der Waals surface area contributed by atoms with E-state index in [1.54, 1.807) is 6.33 Å². The van der Waals surface area contributed by atoms with Gasteiger partial charge in [0.15, 0.2) is 0 Å². The molecule has 3 heterocycles. The van der Waals surface area contributed by atoms with Crippen molar-refractivity contribution >= 4 is 5.82 Å². The highest BCUT2D eigenvalue weighted by Gasteiger charge is 2.53. The number of pyridine rings is 1. The molecule has 0 aromatic carbocycles. The number of fused-ring (bicyclic) bond motifs is 1. The minimum absolute atomic E-state index is 0.352. The molecular weight excluding hydrogens is 358 g/mol. The molecule has 4 saturated carbocycles. The van der Waals surface area contributed by atoms with Gasteiger partial charge in [-0.15, -0.1) is 0 Å². The maximum Gasteiger partial charge on any atom is 0.135 e. The minimum atomic E-state index is 0.352. The first-order valence-corrected chi connectivity index (χ1v) is 11.4. The smallest absolute Gasteiger partial charge is 0.135 e. The van der Waals surface area contributed by atoms with Crippen molar-refractivity contribution in [2.45, 2.75) is 63.6 Å². The fourth-order valence-corrected chi connectivity index (χ4v) is 7.26. The summed E-state index contributed by atoms with van der Waals surface area (Å²) in [5.74, 6) is 4.09. The molecule has 5 nitrogen and oxygen atoms in total. The highest BCUT2D eigenvalue weighted by atomic mass is 15.2. The molecule has 0 amide bonds. The standard InChI is InChI=1S/C24H31N5/c1-28(24-11-18-8-19(12-24)10-20(9-18)13-24)23-21-4-7-29(15-22(21)26-16-27-23)14-17-2-5-25-6-3-17/h2-3,5-6,16,18-20H,4,7-15H2,1H3. The normalized spacial score (nSPS) is 32.9. The lowest BCUT2D eigenvalue weighted by Crippen LogP contribution is -2.59. The molecule has 4 aliphatic carbocycles. The Balaban J connectivity index is 1.25. The van der Waals surface area contributed by atoms with Crippen molar-refractivity contribution < 1.29 is 0 Å². The Morgan fingerprint density at radius 2 is 1.72 bits per heavy atom. The third-order valence-electron chi connectivity index (χ3n) is 8.25. The molecule has 0 radical (unpaired) electrons. The van der Waals surface area contributed by atoms with E-state index in [0.29, 0.717) is 5.54 Å². The largest absolute Gasteiger partial charge is 0.354 e. The van der Waals surface area contributed by atoms with Crippen LogP contribution in [0.1, 0.15) is 55.3 Å². The molecule has 5 aliphatic rings. The molecule has 2 aromatic rings. The van der Waals surface area contributed by atoms with Gasteiger partial charge in [-0.25, -0.2) is 9.97 Å². The molecule has 1 aliphatic heterocycles. The average molecular weight is 390 g/mol. The average Bonchev–Trinajstić information content (AvgIpc) is 2.72. The number of nitrogens with zero attached hydrogens (tertiary/aromatic N) is 5. The highest BCUT2D eigenvalue weighted by Crippen LogP contribution is 2.58. The molecule has 0 unspecified atom stereocenters. The third kappa shape index (κ3) is 3.05. The molecule has 0 saturated heterocycles. The van der Waals surface area contributed by atoms with Crippen molar-refractivity contribution in [3.05, 3.63) is 47.7 Å². The van der Waals surface area contributed by atoms with E-state index in [1.165, 1.54) is 61.2 Å². The maximum atomic E-state index is 4.85. The molecule has 0 spiro atoms. The fourth-order valence-electron chi connectivity index (χ4n) is 7.26. The van der Waals surface area contributed by atoms with Crippen LogP contribution in [0.4, 0.5) is 5.82 Å². The van der Waals surface area contributed by atoms with Crippen LogP contribution >= 0.6 is 0 Å². The second-order valence-electron chi connectivity index (χ2n) is 10.1. The lowest BCUT2D eigenvalue weighted by molar-refractivity contribution is -0.00240. The lowest BCUT2D eigenvalue weighted by atomic mass is 9.52. The number of hydrogen-bond donors (Lipinski definition) is 0. The molecule has 4 fully saturated rings. The van der Waals surface area contributed by atoms with Gasteiger partial charge < -0.3 is 4.90 Å². The van der Waals surface area contributed by atoms with Gasteiger partial charge in [0, 0.05) is 50.2 Å². The number of aromatic nitrogens is 3. The molecular formula is C24H31N5. The molecule has 7 rings (SSSR count). The van der Waals surface area contributed by atoms with Crippen molar-refractivity contribution in [1.82, 2.24) is 19.9 Å². The Morgan fingerprint density at radius 3 is 2.41 bits per heavy atom. The zero-order valence-electron chi connectivity index (χ0n) is 17.4. The predicted molar refractivity (Wildman–Crippen MR) is 113 cm³/mol. The molecule has 2 aromatic heterocycles. The Labute approximate surface area is 173 Å². The van der Waals surface area contributed by atoms with E-state index in [-0.39, 0.29) is 0 Å². The summed E-state index contributed by atoms with van der Waals surface area (Å²) in [5, 5.41) is 0. The summed E-state index contributed by atoms with van der Waals surface area (Å²) in [4.78, 5) is 18.8. The molecule has 29 heavy (non-hydrogen) atoms. The first-order valence-electron chi connectivity index (χ1n) is 11.4. The minimum Gasteiger partial charge on any atom is -0.354 e. The van der Waals surface area contributed by atoms with Crippen LogP contribution < -0.4 is 4.90 Å². The van der Waals surface area contributed by atoms with Gasteiger partial charge in [0.2, 0.25) is 0 Å². The van der Waals surface area contributed by atoms with Gasteiger partial charge in [-0.05, 0) is 80.4 Å². The van der Waals surface area contributed by atoms with Crippen LogP contribution in [0.15, 0.2) is 30.9 Å². The lowest BCUT2D eigenvalue weighted by Gasteiger charge is -2.60. The molecule has 0 atom stereocenters. The van der Waals surface area contributed by atoms with Gasteiger partial charge in [0.25, 0.3) is 0 Å². The van der Waals surface area contributed by atoms with Gasteiger partial charge in [-0.2, -0.15) is 0 Å². The number of rotatable bonds is 4. The Hall–Kier alpha value is -2.01. The van der Waals surface area contributed by atoms with Crippen molar-refractivity contribution in [2.24, 2.45) is 17.8 Å². The molecule has 5 heteroatoms. The summed E-state index contributed by atoms with van der Waals surface area (Å²) in [5.41, 5.74) is 4.30. The van der Waals surface area contributed by atoms with Gasteiger partial charge >= 0.3 is 0 Å². The summed E-state index contributed by atoms with van der Waals surface area (Å²) in [6.07, 6.45) is 15.2. The topological polar surface area (TPSA) is 45.2 Å². The van der Waals surface area contributed by atoms with E-state index in [4.69, 9.17) is 9.97 Å². The quantitative estimate of drug-likeness (QED) is 0.795. The zero-order valence-corrected chi connectivity index (χ0v) is 17.4. The summed E-state index contributed by atoms with van der Waals surface area (Å²) < 4.78 is 0. The van der Waals surface area contributed by atoms with Crippen LogP contribution in [-0.2, 0) is 19.5 Å². The fraction of sp³-hybridized carbons (Fsp3) is 0.625. The van der Waals surface area contributed by atoms with Gasteiger partial charge in [0.05, 0.1) is 5.69 Å². The predicted octanol–water partition coefficient (Wildman–Crippen LogP) is 3.83. The summed E-state index contributed by atoms with van der Waals surface area (Å²) in [6.45, 7) is 2.96. The van der Waals surface area contributed by atoms with E-state index in [0.717, 1.165) is 43.8 Å². The Morgan fingerprint density at radius 1 is 1.03 bits per heavy atom. The van der Waals surface area contributed by atoms with Gasteiger partial charge in [0.1, 0.15) is 12.1 Å². The molecule has 152 valence electrons. The first kappa shape index (κ1) is 17.8. The van der Waals surface area contributed by atoms with Crippen LogP contribution in [0.3, 0.4) is 0 Å². The second kappa shape index (κ2) is 6.76. The number of anilines is 1. The van der Waals surface area contributed by atoms with Gasteiger partial charge in [-0.3, -0.25) is 9.88 Å². The van der Waals surface area contributed by atoms with E-state index in [1.807, 2.05) is 12.4 Å². The zero-order chi connectivity index (χ0) is 19.4. The second-order valence-corrected chi connectivity index (χ2v) is 10.1. The van der Waals surface area contributed by atoms with Crippen LogP contribution in [0, 0.1) is 17.8 Å². The van der Waals surface area contributed by atoms with Crippen LogP contribution in [-0.4, -0.2) is 39.0 Å². The monoisotopic (exact) mass is 389 g/mol. The first-order chi connectivity index (χ1) is 14.2. The summed E-state index contributed by atoms with van der Waals surface area (Å²) in [6, 6.07) is 4.23. The SMILES string of the molecule is CN(c1ncnc2c1CCN(Cc1ccncc1)C2)C12CC3CC(CC(C3)C1)C2. The Bertz CT molecular complexity index is 860. The summed E-state index contributed by atoms with van der Waals surface area (Å²) in [7, 11) is 2.33. The van der Waals surface area contributed by atoms with Crippen molar-refractivity contribution in [1.29, 1.82) is 0 Å². The van der Waals surface area contributed by atoms with Crippen molar-refractivity contribution in [2.75, 3.05) is 18.5 Å². The maximum absolute atomic E-state index is 4.85. The van der Waals surface area contributed by atoms with E-state index < -0.39 is 0 Å². The van der Waals surface area contributed by atoms with E-state index >= 15 is 0 Å². The Kier molecular flexibility index (Phi) is 4.15. The number of hydrogen-bond acceptors (Lipinski definition) is 5. The van der Waals surface area contributed by atoms with Crippen LogP contribution in [0.25, 0.3) is 0 Å². The molecule has 0 N–H and O–H groups in total.